The Balaban J connectivity index is 2.19. The van der Waals surface area contributed by atoms with Gasteiger partial charge in [0.2, 0.25) is 0 Å². The van der Waals surface area contributed by atoms with Gasteiger partial charge < -0.3 is 10.5 Å². The van der Waals surface area contributed by atoms with Crippen molar-refractivity contribution < 1.29 is 9.13 Å². The molecule has 0 aliphatic rings. The Morgan fingerprint density at radius 1 is 1.17 bits per heavy atom. The molecule has 0 fully saturated rings. The smallest absolute Gasteiger partial charge is 0.174 e. The molecule has 94 valence electrons. The average molecular weight is 287 g/mol. The van der Waals surface area contributed by atoms with Crippen LogP contribution in [0, 0.1) is 5.82 Å². The topological polar surface area (TPSA) is 48.1 Å². The van der Waals surface area contributed by atoms with Crippen molar-refractivity contribution in [1.82, 2.24) is 4.98 Å². The monoisotopic (exact) mass is 286 g/mol. The summed E-state index contributed by atoms with van der Waals surface area (Å²) in [7, 11) is 0. The third-order valence-corrected chi connectivity index (χ3v) is 2.85. The lowest BCUT2D eigenvalue weighted by atomic mass is 10.3. The van der Waals surface area contributed by atoms with Gasteiger partial charge in [0.1, 0.15) is 12.4 Å². The minimum atomic E-state index is -0.539. The zero-order valence-corrected chi connectivity index (χ0v) is 10.7. The second-order valence-corrected chi connectivity index (χ2v) is 4.32. The first-order valence-electron chi connectivity index (χ1n) is 5.05. The van der Waals surface area contributed by atoms with E-state index >= 15 is 0 Å². The van der Waals surface area contributed by atoms with Crippen LogP contribution in [0.1, 0.15) is 5.69 Å². The van der Waals surface area contributed by atoms with Crippen molar-refractivity contribution in [3.8, 4) is 5.75 Å². The standard InChI is InChI=1S/C12H9Cl2FN2O/c13-7-4-5-11(16)17-10(7)6-18-12-8(14)2-1-3-9(12)15/h1-5H,6H2,(H2,16,17). The van der Waals surface area contributed by atoms with E-state index in [1.54, 1.807) is 12.1 Å². The van der Waals surface area contributed by atoms with E-state index in [1.807, 2.05) is 0 Å². The second kappa shape index (κ2) is 5.42. The summed E-state index contributed by atoms with van der Waals surface area (Å²) < 4.78 is 18.7. The SMILES string of the molecule is Nc1ccc(Cl)c(COc2c(F)cccc2Cl)n1. The van der Waals surface area contributed by atoms with E-state index in [0.29, 0.717) is 16.5 Å². The molecule has 6 heteroatoms. The van der Waals surface area contributed by atoms with E-state index in [1.165, 1.54) is 18.2 Å². The number of nitrogens with zero attached hydrogens (tertiary/aromatic N) is 1. The van der Waals surface area contributed by atoms with Gasteiger partial charge in [-0.2, -0.15) is 0 Å². The molecule has 18 heavy (non-hydrogen) atoms. The summed E-state index contributed by atoms with van der Waals surface area (Å²) in [5, 5.41) is 0.590. The molecule has 1 aromatic heterocycles. The molecule has 0 aliphatic heterocycles. The number of aromatic nitrogens is 1. The number of nitrogen functional groups attached to an aromatic ring is 1. The number of nitrogens with two attached hydrogens (primary N) is 1. The van der Waals surface area contributed by atoms with Gasteiger partial charge in [0, 0.05) is 0 Å². The Hall–Kier alpha value is -1.52. The molecule has 0 bridgehead atoms. The molecule has 3 nitrogen and oxygen atoms in total. The quantitative estimate of drug-likeness (QED) is 0.936. The molecule has 0 spiro atoms. The summed E-state index contributed by atoms with van der Waals surface area (Å²) in [5.41, 5.74) is 5.96. The molecular weight excluding hydrogens is 278 g/mol. The van der Waals surface area contributed by atoms with Crippen molar-refractivity contribution in [3.63, 3.8) is 0 Å². The van der Waals surface area contributed by atoms with Crippen LogP contribution in [0.15, 0.2) is 30.3 Å². The summed E-state index contributed by atoms with van der Waals surface area (Å²) in [6.07, 6.45) is 0. The van der Waals surface area contributed by atoms with Crippen LogP contribution in [0.5, 0.6) is 5.75 Å². The lowest BCUT2D eigenvalue weighted by Crippen LogP contribution is -2.03. The van der Waals surface area contributed by atoms with Gasteiger partial charge in [-0.3, -0.25) is 0 Å². The molecule has 0 saturated heterocycles. The van der Waals surface area contributed by atoms with Gasteiger partial charge >= 0.3 is 0 Å². The number of para-hydroxylation sites is 1. The summed E-state index contributed by atoms with van der Waals surface area (Å²) in [6.45, 7) is -0.00940. The van der Waals surface area contributed by atoms with Gasteiger partial charge in [-0.1, -0.05) is 29.3 Å². The third kappa shape index (κ3) is 2.83. The number of hydrogen-bond acceptors (Lipinski definition) is 3. The van der Waals surface area contributed by atoms with Crippen LogP contribution < -0.4 is 10.5 Å². The van der Waals surface area contributed by atoms with E-state index in [0.717, 1.165) is 0 Å². The second-order valence-electron chi connectivity index (χ2n) is 3.50. The van der Waals surface area contributed by atoms with Crippen molar-refractivity contribution in [2.45, 2.75) is 6.61 Å². The number of halogens is 3. The molecule has 0 amide bonds. The molecule has 0 aliphatic carbocycles. The molecule has 2 rings (SSSR count). The Morgan fingerprint density at radius 2 is 1.94 bits per heavy atom. The zero-order valence-electron chi connectivity index (χ0n) is 9.16. The van der Waals surface area contributed by atoms with E-state index in [4.69, 9.17) is 33.7 Å². The van der Waals surface area contributed by atoms with E-state index in [9.17, 15) is 4.39 Å². The highest BCUT2D eigenvalue weighted by molar-refractivity contribution is 6.32. The van der Waals surface area contributed by atoms with Gasteiger partial charge in [0.15, 0.2) is 11.6 Å². The number of benzene rings is 1. The average Bonchev–Trinajstić information content (AvgIpc) is 2.33. The van der Waals surface area contributed by atoms with Gasteiger partial charge in [-0.05, 0) is 24.3 Å². The zero-order chi connectivity index (χ0) is 13.1. The van der Waals surface area contributed by atoms with Gasteiger partial charge in [0.25, 0.3) is 0 Å². The lowest BCUT2D eigenvalue weighted by molar-refractivity contribution is 0.286. The predicted molar refractivity (Wildman–Crippen MR) is 69.4 cm³/mol. The molecule has 0 radical (unpaired) electrons. The molecule has 1 aromatic carbocycles. The van der Waals surface area contributed by atoms with Crippen LogP contribution in [-0.4, -0.2) is 4.98 Å². The van der Waals surface area contributed by atoms with Crippen molar-refractivity contribution >= 4 is 29.0 Å². The van der Waals surface area contributed by atoms with Crippen LogP contribution in [-0.2, 0) is 6.61 Å². The number of ether oxygens (including phenoxy) is 1. The van der Waals surface area contributed by atoms with Crippen molar-refractivity contribution in [2.75, 3.05) is 5.73 Å². The number of rotatable bonds is 3. The van der Waals surface area contributed by atoms with Gasteiger partial charge in [-0.15, -0.1) is 0 Å². The minimum absolute atomic E-state index is 0.00940. The van der Waals surface area contributed by atoms with Crippen LogP contribution in [0.3, 0.4) is 0 Å². The maximum atomic E-state index is 13.4. The Labute approximate surface area is 113 Å². The molecule has 2 N–H and O–H groups in total. The molecular formula is C12H9Cl2FN2O. The van der Waals surface area contributed by atoms with E-state index in [-0.39, 0.29) is 17.4 Å². The van der Waals surface area contributed by atoms with Crippen LogP contribution in [0.2, 0.25) is 10.0 Å². The molecule has 0 unspecified atom stereocenters. The van der Waals surface area contributed by atoms with Gasteiger partial charge in [-0.25, -0.2) is 9.37 Å². The third-order valence-electron chi connectivity index (χ3n) is 2.21. The Bertz CT molecular complexity index is 558. The van der Waals surface area contributed by atoms with Crippen LogP contribution >= 0.6 is 23.2 Å². The molecule has 0 atom stereocenters. The van der Waals surface area contributed by atoms with E-state index in [2.05, 4.69) is 4.98 Å². The molecule has 1 heterocycles. The van der Waals surface area contributed by atoms with E-state index < -0.39 is 5.82 Å². The van der Waals surface area contributed by atoms with Gasteiger partial charge in [0.05, 0.1) is 15.7 Å². The number of pyridine rings is 1. The molecule has 0 saturated carbocycles. The Morgan fingerprint density at radius 3 is 2.67 bits per heavy atom. The van der Waals surface area contributed by atoms with Crippen molar-refractivity contribution in [2.24, 2.45) is 0 Å². The molecule has 2 aromatic rings. The largest absolute Gasteiger partial charge is 0.483 e. The van der Waals surface area contributed by atoms with Crippen LogP contribution in [0.4, 0.5) is 10.2 Å². The predicted octanol–water partition coefficient (Wildman–Crippen LogP) is 3.69. The number of anilines is 1. The van der Waals surface area contributed by atoms with Crippen molar-refractivity contribution in [3.05, 3.63) is 51.9 Å². The highest BCUT2D eigenvalue weighted by Crippen LogP contribution is 2.28. The fraction of sp³-hybridized carbons (Fsp3) is 0.0833. The summed E-state index contributed by atoms with van der Waals surface area (Å²) in [6, 6.07) is 7.47. The number of hydrogen-bond donors (Lipinski definition) is 1. The first-order chi connectivity index (χ1) is 8.58. The Kier molecular flexibility index (Phi) is 3.89. The lowest BCUT2D eigenvalue weighted by Gasteiger charge is -2.09. The summed E-state index contributed by atoms with van der Waals surface area (Å²) in [4.78, 5) is 4.00. The minimum Gasteiger partial charge on any atom is -0.483 e. The fourth-order valence-electron chi connectivity index (χ4n) is 1.36. The highest BCUT2D eigenvalue weighted by Gasteiger charge is 2.10. The summed E-state index contributed by atoms with van der Waals surface area (Å²) in [5.74, 6) is -0.250. The first kappa shape index (κ1) is 12.9. The summed E-state index contributed by atoms with van der Waals surface area (Å²) >= 11 is 11.7. The fourth-order valence-corrected chi connectivity index (χ4v) is 1.74. The van der Waals surface area contributed by atoms with Crippen LogP contribution in [0.25, 0.3) is 0 Å². The highest BCUT2D eigenvalue weighted by atomic mass is 35.5. The van der Waals surface area contributed by atoms with Crippen molar-refractivity contribution in [1.29, 1.82) is 0 Å². The first-order valence-corrected chi connectivity index (χ1v) is 5.81. The maximum Gasteiger partial charge on any atom is 0.174 e. The maximum absolute atomic E-state index is 13.4. The normalized spacial score (nSPS) is 10.4.